The van der Waals surface area contributed by atoms with Crippen molar-refractivity contribution in [1.29, 1.82) is 0 Å². The molecule has 1 N–H and O–H groups in total. The van der Waals surface area contributed by atoms with Crippen molar-refractivity contribution >= 4 is 16.9 Å². The Bertz CT molecular complexity index is 711. The Morgan fingerprint density at radius 1 is 1.56 bits per heavy atom. The SMILES string of the molecule is C=C(C)Cn1nc(C(=O)O)c2c(C)onc2c1=O. The van der Waals surface area contributed by atoms with Crippen LogP contribution in [0.15, 0.2) is 21.5 Å². The van der Waals surface area contributed by atoms with Crippen LogP contribution in [0.2, 0.25) is 0 Å². The number of fused-ring (bicyclic) bond motifs is 1. The van der Waals surface area contributed by atoms with Gasteiger partial charge in [0.05, 0.1) is 11.9 Å². The van der Waals surface area contributed by atoms with E-state index in [2.05, 4.69) is 16.8 Å². The second kappa shape index (κ2) is 4.10. The van der Waals surface area contributed by atoms with Crippen molar-refractivity contribution < 1.29 is 14.4 Å². The first-order valence-electron chi connectivity index (χ1n) is 5.16. The molecule has 0 amide bonds. The minimum Gasteiger partial charge on any atom is -0.476 e. The van der Waals surface area contributed by atoms with Gasteiger partial charge in [-0.3, -0.25) is 4.79 Å². The lowest BCUT2D eigenvalue weighted by molar-refractivity contribution is 0.0690. The standard InChI is InChI=1S/C11H11N3O4/c1-5(2)4-14-10(15)8-7(6(3)18-13-8)9(12-14)11(16)17/h1,4H2,2-3H3,(H,16,17). The second-order valence-corrected chi connectivity index (χ2v) is 4.04. The van der Waals surface area contributed by atoms with Crippen LogP contribution in [-0.2, 0) is 6.54 Å². The van der Waals surface area contributed by atoms with E-state index in [0.717, 1.165) is 4.68 Å². The highest BCUT2D eigenvalue weighted by atomic mass is 16.5. The van der Waals surface area contributed by atoms with Gasteiger partial charge in [0.25, 0.3) is 5.56 Å². The molecule has 0 spiro atoms. The molecule has 2 rings (SSSR count). The van der Waals surface area contributed by atoms with Gasteiger partial charge in [0, 0.05) is 0 Å². The number of aryl methyl sites for hydroxylation is 1. The number of carboxylic acid groups (broad SMARTS) is 1. The molecule has 2 aromatic heterocycles. The van der Waals surface area contributed by atoms with E-state index in [0.29, 0.717) is 5.57 Å². The number of carbonyl (C=O) groups is 1. The smallest absolute Gasteiger partial charge is 0.357 e. The van der Waals surface area contributed by atoms with Gasteiger partial charge in [-0.05, 0) is 13.8 Å². The number of allylic oxidation sites excluding steroid dienone is 1. The fraction of sp³-hybridized carbons (Fsp3) is 0.273. The number of aromatic nitrogens is 3. The molecule has 0 saturated carbocycles. The lowest BCUT2D eigenvalue weighted by atomic mass is 10.2. The Labute approximate surface area is 101 Å². The van der Waals surface area contributed by atoms with Crippen molar-refractivity contribution in [1.82, 2.24) is 14.9 Å². The number of hydrogen-bond acceptors (Lipinski definition) is 5. The zero-order chi connectivity index (χ0) is 13.4. The zero-order valence-corrected chi connectivity index (χ0v) is 9.93. The van der Waals surface area contributed by atoms with Crippen LogP contribution in [0.4, 0.5) is 0 Å². The van der Waals surface area contributed by atoms with Crippen LogP contribution in [0.1, 0.15) is 23.2 Å². The van der Waals surface area contributed by atoms with E-state index in [-0.39, 0.29) is 28.9 Å². The van der Waals surface area contributed by atoms with Crippen LogP contribution < -0.4 is 5.56 Å². The highest BCUT2D eigenvalue weighted by molar-refractivity contribution is 6.00. The summed E-state index contributed by atoms with van der Waals surface area (Å²) >= 11 is 0. The van der Waals surface area contributed by atoms with Crippen molar-refractivity contribution in [2.75, 3.05) is 0 Å². The Hall–Kier alpha value is -2.44. The van der Waals surface area contributed by atoms with Gasteiger partial charge in [-0.25, -0.2) is 9.48 Å². The molecule has 0 atom stereocenters. The van der Waals surface area contributed by atoms with Gasteiger partial charge >= 0.3 is 5.97 Å². The Morgan fingerprint density at radius 3 is 2.78 bits per heavy atom. The summed E-state index contributed by atoms with van der Waals surface area (Å²) in [6, 6.07) is 0. The normalized spacial score (nSPS) is 10.8. The van der Waals surface area contributed by atoms with E-state index >= 15 is 0 Å². The maximum absolute atomic E-state index is 12.0. The molecule has 0 aliphatic carbocycles. The van der Waals surface area contributed by atoms with Crippen LogP contribution in [0, 0.1) is 6.92 Å². The largest absolute Gasteiger partial charge is 0.476 e. The number of aromatic carboxylic acids is 1. The summed E-state index contributed by atoms with van der Waals surface area (Å²) in [6.07, 6.45) is 0. The number of nitrogens with zero attached hydrogens (tertiary/aromatic N) is 3. The third-order valence-electron chi connectivity index (χ3n) is 2.38. The van der Waals surface area contributed by atoms with E-state index in [1.165, 1.54) is 6.92 Å². The zero-order valence-electron chi connectivity index (χ0n) is 9.93. The maximum atomic E-state index is 12.0. The molecule has 2 heterocycles. The Balaban J connectivity index is 2.84. The van der Waals surface area contributed by atoms with E-state index in [1.54, 1.807) is 6.92 Å². The van der Waals surface area contributed by atoms with Crippen molar-refractivity contribution in [3.8, 4) is 0 Å². The molecular weight excluding hydrogens is 238 g/mol. The molecule has 0 aliphatic rings. The quantitative estimate of drug-likeness (QED) is 0.814. The van der Waals surface area contributed by atoms with Crippen LogP contribution in [0.25, 0.3) is 10.9 Å². The lowest BCUT2D eigenvalue weighted by Gasteiger charge is -2.05. The van der Waals surface area contributed by atoms with Gasteiger partial charge in [0.15, 0.2) is 11.2 Å². The van der Waals surface area contributed by atoms with Crippen molar-refractivity contribution in [2.45, 2.75) is 20.4 Å². The highest BCUT2D eigenvalue weighted by Gasteiger charge is 2.21. The number of rotatable bonds is 3. The molecule has 0 bridgehead atoms. The average molecular weight is 249 g/mol. The third kappa shape index (κ3) is 1.79. The molecule has 2 aromatic rings. The van der Waals surface area contributed by atoms with Crippen LogP contribution in [-0.4, -0.2) is 26.0 Å². The minimum atomic E-state index is -1.23. The van der Waals surface area contributed by atoms with Gasteiger partial charge in [-0.15, -0.1) is 0 Å². The molecule has 0 aromatic carbocycles. The van der Waals surface area contributed by atoms with Crippen LogP contribution >= 0.6 is 0 Å². The molecule has 0 radical (unpaired) electrons. The third-order valence-corrected chi connectivity index (χ3v) is 2.38. The Morgan fingerprint density at radius 2 is 2.22 bits per heavy atom. The predicted octanol–water partition coefficient (Wildman–Crippen LogP) is 0.967. The molecule has 18 heavy (non-hydrogen) atoms. The first kappa shape index (κ1) is 12.0. The summed E-state index contributed by atoms with van der Waals surface area (Å²) in [5, 5.41) is 16.7. The first-order chi connectivity index (χ1) is 8.41. The predicted molar refractivity (Wildman–Crippen MR) is 62.6 cm³/mol. The first-order valence-corrected chi connectivity index (χ1v) is 5.16. The summed E-state index contributed by atoms with van der Waals surface area (Å²) in [5.41, 5.74) is -0.0823. The van der Waals surface area contributed by atoms with Gasteiger partial charge in [0.1, 0.15) is 5.76 Å². The highest BCUT2D eigenvalue weighted by Crippen LogP contribution is 2.17. The minimum absolute atomic E-state index is 0.0267. The Kier molecular flexibility index (Phi) is 2.74. The second-order valence-electron chi connectivity index (χ2n) is 4.04. The van der Waals surface area contributed by atoms with Crippen LogP contribution in [0.5, 0.6) is 0 Å². The van der Waals surface area contributed by atoms with Gasteiger partial charge in [-0.1, -0.05) is 17.3 Å². The van der Waals surface area contributed by atoms with Crippen LogP contribution in [0.3, 0.4) is 0 Å². The topological polar surface area (TPSA) is 98.2 Å². The molecule has 0 aliphatic heterocycles. The van der Waals surface area contributed by atoms with E-state index in [4.69, 9.17) is 9.63 Å². The van der Waals surface area contributed by atoms with Crippen molar-refractivity contribution in [2.24, 2.45) is 0 Å². The van der Waals surface area contributed by atoms with E-state index < -0.39 is 11.5 Å². The molecule has 0 fully saturated rings. The van der Waals surface area contributed by atoms with Gasteiger partial charge in [-0.2, -0.15) is 5.10 Å². The molecule has 0 saturated heterocycles. The summed E-state index contributed by atoms with van der Waals surface area (Å²) in [7, 11) is 0. The molecule has 94 valence electrons. The molecular formula is C11H11N3O4. The van der Waals surface area contributed by atoms with Gasteiger partial charge < -0.3 is 9.63 Å². The van der Waals surface area contributed by atoms with E-state index in [9.17, 15) is 9.59 Å². The summed E-state index contributed by atoms with van der Waals surface area (Å²) in [4.78, 5) is 23.1. The fourth-order valence-electron chi connectivity index (χ4n) is 1.65. The maximum Gasteiger partial charge on any atom is 0.357 e. The van der Waals surface area contributed by atoms with Crippen molar-refractivity contribution in [3.63, 3.8) is 0 Å². The summed E-state index contributed by atoms with van der Waals surface area (Å²) < 4.78 is 5.88. The number of hydrogen-bond donors (Lipinski definition) is 1. The fourth-order valence-corrected chi connectivity index (χ4v) is 1.65. The monoisotopic (exact) mass is 249 g/mol. The summed E-state index contributed by atoms with van der Waals surface area (Å²) in [6.45, 7) is 7.05. The van der Waals surface area contributed by atoms with E-state index in [1.807, 2.05) is 0 Å². The summed E-state index contributed by atoms with van der Waals surface area (Å²) in [5.74, 6) is -0.976. The molecule has 7 nitrogen and oxygen atoms in total. The average Bonchev–Trinajstić information content (AvgIpc) is 2.64. The molecule has 0 unspecified atom stereocenters. The molecule has 7 heteroatoms. The number of carboxylic acids is 1. The van der Waals surface area contributed by atoms with Gasteiger partial charge in [0.2, 0.25) is 0 Å². The van der Waals surface area contributed by atoms with Crippen molar-refractivity contribution in [3.05, 3.63) is 34.0 Å². The lowest BCUT2D eigenvalue weighted by Crippen LogP contribution is -2.26.